The van der Waals surface area contributed by atoms with Crippen LogP contribution < -0.4 is 10.1 Å². The zero-order valence-electron chi connectivity index (χ0n) is 7.76. The molecule has 0 fully saturated rings. The fraction of sp³-hybridized carbons (Fsp3) is 0.300. The zero-order chi connectivity index (χ0) is 10.1. The van der Waals surface area contributed by atoms with Gasteiger partial charge < -0.3 is 10.1 Å². The average Bonchev–Trinajstić information content (AvgIpc) is 2.16. The number of fused-ring (bicyclic) bond motifs is 1. The Morgan fingerprint density at radius 1 is 1.57 bits per heavy atom. The Morgan fingerprint density at radius 3 is 3.07 bits per heavy atom. The minimum absolute atomic E-state index is 0.0943. The number of ether oxygens (including phenoxy) is 1. The second-order valence-corrected chi connectivity index (χ2v) is 4.00. The lowest BCUT2D eigenvalue weighted by Gasteiger charge is -2.19. The predicted octanol–water partition coefficient (Wildman–Crippen LogP) is 2.34. The number of amides is 1. The number of aryl methyl sites for hydroxylation is 1. The summed E-state index contributed by atoms with van der Waals surface area (Å²) in [6.07, 6.45) is 0.932. The van der Waals surface area contributed by atoms with Gasteiger partial charge in [0.25, 0.3) is 5.91 Å². The summed E-state index contributed by atoms with van der Waals surface area (Å²) < 4.78 is 6.20. The number of hydrogen-bond acceptors (Lipinski definition) is 2. The molecule has 0 atom stereocenters. The van der Waals surface area contributed by atoms with Crippen LogP contribution in [0.2, 0.25) is 0 Å². The van der Waals surface area contributed by atoms with Crippen molar-refractivity contribution in [2.75, 3.05) is 11.9 Å². The minimum atomic E-state index is -0.0994. The number of hydrogen-bond donors (Lipinski definition) is 1. The van der Waals surface area contributed by atoms with E-state index in [1.165, 1.54) is 5.56 Å². The van der Waals surface area contributed by atoms with E-state index in [1.54, 1.807) is 0 Å². The Labute approximate surface area is 90.6 Å². The highest BCUT2D eigenvalue weighted by Gasteiger charge is 2.18. The molecule has 0 aliphatic carbocycles. The highest BCUT2D eigenvalue weighted by Crippen LogP contribution is 2.36. The summed E-state index contributed by atoms with van der Waals surface area (Å²) >= 11 is 3.42. The molecule has 4 heteroatoms. The van der Waals surface area contributed by atoms with Crippen molar-refractivity contribution in [3.63, 3.8) is 0 Å². The standard InChI is InChI=1S/C10H10BrNO2/c1-2-6-3-7(11)10-8(4-6)12-9(13)5-14-10/h3-4H,2,5H2,1H3,(H,12,13). The lowest BCUT2D eigenvalue weighted by molar-refractivity contribution is -0.118. The first-order chi connectivity index (χ1) is 6.70. The normalized spacial score (nSPS) is 14.3. The van der Waals surface area contributed by atoms with Crippen LogP contribution in [-0.4, -0.2) is 12.5 Å². The Kier molecular flexibility index (Phi) is 2.46. The van der Waals surface area contributed by atoms with E-state index in [0.717, 1.165) is 22.3 Å². The van der Waals surface area contributed by atoms with E-state index in [2.05, 4.69) is 28.2 Å². The molecule has 1 aromatic rings. The third kappa shape index (κ3) is 1.62. The minimum Gasteiger partial charge on any atom is -0.480 e. The molecule has 1 amide bonds. The van der Waals surface area contributed by atoms with Crippen LogP contribution in [0.25, 0.3) is 0 Å². The summed E-state index contributed by atoms with van der Waals surface area (Å²) in [6, 6.07) is 3.95. The van der Waals surface area contributed by atoms with Gasteiger partial charge in [-0.1, -0.05) is 6.92 Å². The van der Waals surface area contributed by atoms with Crippen molar-refractivity contribution >= 4 is 27.5 Å². The largest absolute Gasteiger partial charge is 0.480 e. The second-order valence-electron chi connectivity index (χ2n) is 3.14. The number of carbonyl (C=O) groups excluding carboxylic acids is 1. The number of nitrogens with one attached hydrogen (secondary N) is 1. The maximum Gasteiger partial charge on any atom is 0.262 e. The predicted molar refractivity (Wildman–Crippen MR) is 57.6 cm³/mol. The maximum absolute atomic E-state index is 11.1. The molecule has 14 heavy (non-hydrogen) atoms. The van der Waals surface area contributed by atoms with E-state index in [-0.39, 0.29) is 12.5 Å². The molecule has 0 saturated heterocycles. The van der Waals surface area contributed by atoms with Gasteiger partial charge in [-0.15, -0.1) is 0 Å². The second kappa shape index (κ2) is 3.61. The number of benzene rings is 1. The van der Waals surface area contributed by atoms with E-state index in [4.69, 9.17) is 4.74 Å². The van der Waals surface area contributed by atoms with Crippen molar-refractivity contribution < 1.29 is 9.53 Å². The number of halogens is 1. The molecule has 0 saturated carbocycles. The average molecular weight is 256 g/mol. The van der Waals surface area contributed by atoms with Gasteiger partial charge in [0.1, 0.15) is 0 Å². The van der Waals surface area contributed by atoms with Crippen LogP contribution in [0.4, 0.5) is 5.69 Å². The third-order valence-corrected chi connectivity index (χ3v) is 2.72. The topological polar surface area (TPSA) is 38.3 Å². The van der Waals surface area contributed by atoms with Crippen molar-refractivity contribution in [3.05, 3.63) is 22.2 Å². The summed E-state index contributed by atoms with van der Waals surface area (Å²) in [6.45, 7) is 2.16. The van der Waals surface area contributed by atoms with E-state index >= 15 is 0 Å². The molecule has 1 N–H and O–H groups in total. The van der Waals surface area contributed by atoms with Crippen molar-refractivity contribution in [2.24, 2.45) is 0 Å². The Bertz CT molecular complexity index is 390. The molecule has 0 bridgehead atoms. The van der Waals surface area contributed by atoms with Crippen molar-refractivity contribution in [1.29, 1.82) is 0 Å². The van der Waals surface area contributed by atoms with Crippen molar-refractivity contribution in [2.45, 2.75) is 13.3 Å². The third-order valence-electron chi connectivity index (χ3n) is 2.13. The summed E-state index contributed by atoms with van der Waals surface area (Å²) in [5, 5.41) is 2.78. The van der Waals surface area contributed by atoms with E-state index < -0.39 is 0 Å². The van der Waals surface area contributed by atoms with Crippen LogP contribution in [0.15, 0.2) is 16.6 Å². The molecular weight excluding hydrogens is 246 g/mol. The highest BCUT2D eigenvalue weighted by atomic mass is 79.9. The maximum atomic E-state index is 11.1. The number of carbonyl (C=O) groups is 1. The molecule has 0 radical (unpaired) electrons. The van der Waals surface area contributed by atoms with E-state index in [9.17, 15) is 4.79 Å². The monoisotopic (exact) mass is 255 g/mol. The molecular formula is C10H10BrNO2. The summed E-state index contributed by atoms with van der Waals surface area (Å²) in [4.78, 5) is 11.1. The van der Waals surface area contributed by atoms with Gasteiger partial charge in [0.05, 0.1) is 10.2 Å². The van der Waals surface area contributed by atoms with Gasteiger partial charge in [0, 0.05) is 0 Å². The van der Waals surface area contributed by atoms with Crippen LogP contribution in [0.1, 0.15) is 12.5 Å². The van der Waals surface area contributed by atoms with Crippen LogP contribution in [0, 0.1) is 0 Å². The molecule has 2 rings (SSSR count). The Hall–Kier alpha value is -1.03. The van der Waals surface area contributed by atoms with Crippen LogP contribution in [-0.2, 0) is 11.2 Å². The number of anilines is 1. The Morgan fingerprint density at radius 2 is 2.36 bits per heavy atom. The van der Waals surface area contributed by atoms with Gasteiger partial charge in [-0.2, -0.15) is 0 Å². The van der Waals surface area contributed by atoms with Gasteiger partial charge in [-0.05, 0) is 40.0 Å². The van der Waals surface area contributed by atoms with Gasteiger partial charge in [0.15, 0.2) is 12.4 Å². The molecule has 1 aliphatic heterocycles. The fourth-order valence-corrected chi connectivity index (χ4v) is 2.04. The molecule has 1 aromatic carbocycles. The lowest BCUT2D eigenvalue weighted by atomic mass is 10.1. The van der Waals surface area contributed by atoms with Crippen molar-refractivity contribution in [1.82, 2.24) is 0 Å². The van der Waals surface area contributed by atoms with Crippen LogP contribution >= 0.6 is 15.9 Å². The zero-order valence-corrected chi connectivity index (χ0v) is 9.35. The van der Waals surface area contributed by atoms with Gasteiger partial charge in [-0.3, -0.25) is 4.79 Å². The molecule has 0 aromatic heterocycles. The first kappa shape index (κ1) is 9.52. The smallest absolute Gasteiger partial charge is 0.262 e. The Balaban J connectivity index is 2.48. The van der Waals surface area contributed by atoms with E-state index in [0.29, 0.717) is 0 Å². The molecule has 74 valence electrons. The van der Waals surface area contributed by atoms with Gasteiger partial charge >= 0.3 is 0 Å². The fourth-order valence-electron chi connectivity index (χ4n) is 1.42. The molecule has 3 nitrogen and oxygen atoms in total. The lowest BCUT2D eigenvalue weighted by Crippen LogP contribution is -2.25. The summed E-state index contributed by atoms with van der Waals surface area (Å²) in [5.74, 6) is 0.624. The SMILES string of the molecule is CCc1cc(Br)c2c(c1)NC(=O)CO2. The molecule has 1 heterocycles. The van der Waals surface area contributed by atoms with Gasteiger partial charge in [-0.25, -0.2) is 0 Å². The van der Waals surface area contributed by atoms with E-state index in [1.807, 2.05) is 12.1 Å². The summed E-state index contributed by atoms with van der Waals surface area (Å²) in [7, 11) is 0. The molecule has 1 aliphatic rings. The first-order valence-corrected chi connectivity index (χ1v) is 5.25. The first-order valence-electron chi connectivity index (χ1n) is 4.45. The summed E-state index contributed by atoms with van der Waals surface area (Å²) in [5.41, 5.74) is 1.92. The molecule has 0 unspecified atom stereocenters. The van der Waals surface area contributed by atoms with Crippen LogP contribution in [0.5, 0.6) is 5.75 Å². The quantitative estimate of drug-likeness (QED) is 0.837. The van der Waals surface area contributed by atoms with Crippen molar-refractivity contribution in [3.8, 4) is 5.75 Å². The van der Waals surface area contributed by atoms with Crippen LogP contribution in [0.3, 0.4) is 0 Å². The molecule has 0 spiro atoms. The van der Waals surface area contributed by atoms with Gasteiger partial charge in [0.2, 0.25) is 0 Å². The number of rotatable bonds is 1. The highest BCUT2D eigenvalue weighted by molar-refractivity contribution is 9.10.